The molecule has 2 aromatic rings. The Labute approximate surface area is 151 Å². The Morgan fingerprint density at radius 3 is 2.73 bits per heavy atom. The third-order valence-corrected chi connectivity index (χ3v) is 6.42. The van der Waals surface area contributed by atoms with E-state index in [0.29, 0.717) is 17.8 Å². The Morgan fingerprint density at radius 1 is 1.38 bits per heavy atom. The fraction of sp³-hybridized carbons (Fsp3) is 0.588. The fourth-order valence-corrected chi connectivity index (χ4v) is 4.93. The SMILES string of the molecule is CC(C)(C)c1cc2nc(CNC(=O)C[C@@H]3CCS(=O)(=O)C3)cc(=O)n2[nH]1. The van der Waals surface area contributed by atoms with E-state index in [9.17, 15) is 18.0 Å². The quantitative estimate of drug-likeness (QED) is 0.813. The van der Waals surface area contributed by atoms with Crippen molar-refractivity contribution in [3.05, 3.63) is 33.9 Å². The topological polar surface area (TPSA) is 113 Å². The van der Waals surface area contributed by atoms with Gasteiger partial charge in [0.05, 0.1) is 23.7 Å². The second-order valence-electron chi connectivity index (χ2n) is 7.95. The molecule has 0 aliphatic carbocycles. The number of nitrogens with zero attached hydrogens (tertiary/aromatic N) is 2. The fourth-order valence-electron chi connectivity index (χ4n) is 3.07. The Bertz CT molecular complexity index is 998. The summed E-state index contributed by atoms with van der Waals surface area (Å²) < 4.78 is 24.3. The highest BCUT2D eigenvalue weighted by Gasteiger charge is 2.29. The molecule has 3 heterocycles. The molecule has 0 spiro atoms. The normalized spacial score (nSPS) is 19.7. The zero-order chi connectivity index (χ0) is 19.1. The lowest BCUT2D eigenvalue weighted by molar-refractivity contribution is -0.122. The van der Waals surface area contributed by atoms with Crippen LogP contribution in [-0.4, -0.2) is 40.4 Å². The average Bonchev–Trinajstić information content (AvgIpc) is 3.08. The minimum Gasteiger partial charge on any atom is -0.350 e. The number of hydrogen-bond acceptors (Lipinski definition) is 5. The number of nitrogens with one attached hydrogen (secondary N) is 2. The molecule has 142 valence electrons. The van der Waals surface area contributed by atoms with Crippen molar-refractivity contribution in [2.45, 2.75) is 45.6 Å². The van der Waals surface area contributed by atoms with Gasteiger partial charge in [0.2, 0.25) is 5.91 Å². The second kappa shape index (κ2) is 6.53. The van der Waals surface area contributed by atoms with Crippen molar-refractivity contribution in [2.24, 2.45) is 5.92 Å². The lowest BCUT2D eigenvalue weighted by Gasteiger charge is -2.14. The number of amides is 1. The zero-order valence-electron chi connectivity index (χ0n) is 15.2. The van der Waals surface area contributed by atoms with E-state index in [1.807, 2.05) is 26.8 Å². The summed E-state index contributed by atoms with van der Waals surface area (Å²) in [6, 6.07) is 3.21. The first-order valence-electron chi connectivity index (χ1n) is 8.63. The second-order valence-corrected chi connectivity index (χ2v) is 10.2. The van der Waals surface area contributed by atoms with Crippen LogP contribution >= 0.6 is 0 Å². The van der Waals surface area contributed by atoms with Crippen molar-refractivity contribution in [3.63, 3.8) is 0 Å². The maximum absolute atomic E-state index is 12.2. The van der Waals surface area contributed by atoms with E-state index in [-0.39, 0.29) is 47.3 Å². The van der Waals surface area contributed by atoms with Crippen LogP contribution in [0.5, 0.6) is 0 Å². The van der Waals surface area contributed by atoms with Crippen molar-refractivity contribution < 1.29 is 13.2 Å². The number of rotatable bonds is 4. The molecule has 0 aromatic carbocycles. The number of hydrogen-bond donors (Lipinski definition) is 2. The predicted molar refractivity (Wildman–Crippen MR) is 97.7 cm³/mol. The van der Waals surface area contributed by atoms with Crippen molar-refractivity contribution in [3.8, 4) is 0 Å². The third-order valence-electron chi connectivity index (χ3n) is 4.58. The standard InChI is InChI=1S/C17H24N4O4S/c1-17(2,3)13-8-14-19-12(7-16(23)21(14)20-13)9-18-15(22)6-11-4-5-26(24,25)10-11/h7-8,11,20H,4-6,9-10H2,1-3H3,(H,18,22)/t11-/m0/s1. The average molecular weight is 380 g/mol. The molecule has 26 heavy (non-hydrogen) atoms. The van der Waals surface area contributed by atoms with E-state index in [4.69, 9.17) is 0 Å². The van der Waals surface area contributed by atoms with Gasteiger partial charge in [-0.2, -0.15) is 0 Å². The Kier molecular flexibility index (Phi) is 4.68. The van der Waals surface area contributed by atoms with Gasteiger partial charge in [-0.3, -0.25) is 14.7 Å². The third kappa shape index (κ3) is 4.14. The molecule has 1 saturated heterocycles. The van der Waals surface area contributed by atoms with Crippen LogP contribution in [0, 0.1) is 5.92 Å². The van der Waals surface area contributed by atoms with Gasteiger partial charge in [-0.1, -0.05) is 20.8 Å². The molecule has 2 N–H and O–H groups in total. The summed E-state index contributed by atoms with van der Waals surface area (Å²) in [4.78, 5) is 28.7. The minimum atomic E-state index is -2.99. The first-order valence-corrected chi connectivity index (χ1v) is 10.4. The first-order chi connectivity index (χ1) is 12.0. The first kappa shape index (κ1) is 18.6. The van der Waals surface area contributed by atoms with Crippen LogP contribution in [0.2, 0.25) is 0 Å². The summed E-state index contributed by atoms with van der Waals surface area (Å²) in [5.41, 5.74) is 1.49. The van der Waals surface area contributed by atoms with Gasteiger partial charge in [0.15, 0.2) is 15.5 Å². The Morgan fingerprint density at radius 2 is 2.12 bits per heavy atom. The van der Waals surface area contributed by atoms with Crippen molar-refractivity contribution in [1.29, 1.82) is 0 Å². The largest absolute Gasteiger partial charge is 0.350 e. The molecule has 1 atom stereocenters. The molecule has 0 radical (unpaired) electrons. The summed E-state index contributed by atoms with van der Waals surface area (Å²) in [6.07, 6.45) is 0.707. The zero-order valence-corrected chi connectivity index (χ0v) is 16.0. The van der Waals surface area contributed by atoms with E-state index in [2.05, 4.69) is 15.4 Å². The molecule has 0 unspecified atom stereocenters. The molecule has 1 fully saturated rings. The van der Waals surface area contributed by atoms with Crippen LogP contribution in [0.4, 0.5) is 0 Å². The highest BCUT2D eigenvalue weighted by Crippen LogP contribution is 2.22. The molecule has 1 aliphatic rings. The molecule has 0 bridgehead atoms. The number of aromatic amines is 1. The van der Waals surface area contributed by atoms with Gasteiger partial charge in [0.25, 0.3) is 5.56 Å². The summed E-state index contributed by atoms with van der Waals surface area (Å²) in [5.74, 6) is -0.118. The summed E-state index contributed by atoms with van der Waals surface area (Å²) in [6.45, 7) is 6.24. The predicted octanol–water partition coefficient (Wildman–Crippen LogP) is 0.761. The Balaban J connectivity index is 1.67. The summed E-state index contributed by atoms with van der Waals surface area (Å²) in [5, 5.41) is 5.78. The molecule has 2 aromatic heterocycles. The molecule has 1 amide bonds. The maximum atomic E-state index is 12.2. The van der Waals surface area contributed by atoms with Gasteiger partial charge in [-0.05, 0) is 12.3 Å². The van der Waals surface area contributed by atoms with Gasteiger partial charge < -0.3 is 5.32 Å². The number of carbonyl (C=O) groups is 1. The minimum absolute atomic E-state index is 0.0743. The number of carbonyl (C=O) groups excluding carboxylic acids is 1. The molecular formula is C17H24N4O4S. The van der Waals surface area contributed by atoms with Crippen molar-refractivity contribution in [2.75, 3.05) is 11.5 Å². The van der Waals surface area contributed by atoms with Gasteiger partial charge in [0, 0.05) is 29.7 Å². The van der Waals surface area contributed by atoms with Crippen LogP contribution in [0.25, 0.3) is 5.65 Å². The molecule has 3 rings (SSSR count). The molecular weight excluding hydrogens is 356 g/mol. The smallest absolute Gasteiger partial charge is 0.272 e. The lowest BCUT2D eigenvalue weighted by atomic mass is 9.93. The van der Waals surface area contributed by atoms with E-state index in [0.717, 1.165) is 5.69 Å². The molecule has 1 aliphatic heterocycles. The molecule has 9 heteroatoms. The van der Waals surface area contributed by atoms with E-state index < -0.39 is 9.84 Å². The van der Waals surface area contributed by atoms with Gasteiger partial charge in [0.1, 0.15) is 0 Å². The van der Waals surface area contributed by atoms with Crippen LogP contribution in [0.1, 0.15) is 45.0 Å². The summed E-state index contributed by atoms with van der Waals surface area (Å²) in [7, 11) is -2.99. The highest BCUT2D eigenvalue weighted by atomic mass is 32.2. The van der Waals surface area contributed by atoms with Crippen LogP contribution < -0.4 is 10.9 Å². The van der Waals surface area contributed by atoms with Gasteiger partial charge in [-0.15, -0.1) is 0 Å². The van der Waals surface area contributed by atoms with E-state index in [1.54, 1.807) is 0 Å². The van der Waals surface area contributed by atoms with Crippen molar-refractivity contribution in [1.82, 2.24) is 19.9 Å². The van der Waals surface area contributed by atoms with Crippen LogP contribution in [-0.2, 0) is 26.6 Å². The number of fused-ring (bicyclic) bond motifs is 1. The Hall–Kier alpha value is -2.16. The number of aromatic nitrogens is 3. The highest BCUT2D eigenvalue weighted by molar-refractivity contribution is 7.91. The van der Waals surface area contributed by atoms with Crippen LogP contribution in [0.3, 0.4) is 0 Å². The van der Waals surface area contributed by atoms with Gasteiger partial charge in [-0.25, -0.2) is 17.9 Å². The summed E-state index contributed by atoms with van der Waals surface area (Å²) >= 11 is 0. The lowest BCUT2D eigenvalue weighted by Crippen LogP contribution is -2.27. The van der Waals surface area contributed by atoms with Crippen LogP contribution in [0.15, 0.2) is 16.9 Å². The number of sulfone groups is 1. The van der Waals surface area contributed by atoms with E-state index in [1.165, 1.54) is 10.6 Å². The van der Waals surface area contributed by atoms with E-state index >= 15 is 0 Å². The number of H-pyrrole nitrogens is 1. The van der Waals surface area contributed by atoms with Gasteiger partial charge >= 0.3 is 0 Å². The molecule has 0 saturated carbocycles. The van der Waals surface area contributed by atoms with Crippen molar-refractivity contribution >= 4 is 21.4 Å². The monoisotopic (exact) mass is 380 g/mol. The maximum Gasteiger partial charge on any atom is 0.272 e. The molecule has 8 nitrogen and oxygen atoms in total.